The van der Waals surface area contributed by atoms with Crippen molar-refractivity contribution in [2.75, 3.05) is 23.9 Å². The molecule has 0 aromatic heterocycles. The summed E-state index contributed by atoms with van der Waals surface area (Å²) in [5.41, 5.74) is 0.836. The normalized spacial score (nSPS) is 18.8. The van der Waals surface area contributed by atoms with E-state index in [4.69, 9.17) is 4.74 Å². The summed E-state index contributed by atoms with van der Waals surface area (Å²) in [6, 6.07) is 12.3. The molecule has 1 saturated heterocycles. The lowest BCUT2D eigenvalue weighted by Crippen LogP contribution is -2.22. The number of hydrogen-bond donors (Lipinski definition) is 1. The molecule has 3 rings (SSSR count). The number of carbonyl (C=O) groups is 1. The van der Waals surface area contributed by atoms with Crippen LogP contribution in [0.3, 0.4) is 0 Å². The second-order valence-corrected chi connectivity index (χ2v) is 10.7. The molecule has 9 heteroatoms. The maximum atomic E-state index is 12.6. The molecule has 0 bridgehead atoms. The Morgan fingerprint density at radius 1 is 1.15 bits per heavy atom. The van der Waals surface area contributed by atoms with Crippen molar-refractivity contribution in [2.45, 2.75) is 16.6 Å². The van der Waals surface area contributed by atoms with Gasteiger partial charge in [0.1, 0.15) is 5.75 Å². The number of rotatable bonds is 5. The van der Waals surface area contributed by atoms with E-state index in [2.05, 4.69) is 5.32 Å². The van der Waals surface area contributed by atoms with E-state index in [0.717, 1.165) is 0 Å². The molecule has 0 saturated carbocycles. The van der Waals surface area contributed by atoms with Gasteiger partial charge in [0.15, 0.2) is 19.7 Å². The standard InChI is InChI=1S/C18H19NO6S2/c1-25-15-4-2-3-14(11-15)19-18(20)13-5-7-16(8-6-13)27(23,24)17-9-10-26(21,22)12-17/h2-8,11,17H,9-10,12H2,1H3,(H,19,20)/t17-/m0/s1. The van der Waals surface area contributed by atoms with Crippen LogP contribution in [-0.2, 0) is 19.7 Å². The second-order valence-electron chi connectivity index (χ2n) is 6.28. The first-order valence-electron chi connectivity index (χ1n) is 8.21. The van der Waals surface area contributed by atoms with Gasteiger partial charge < -0.3 is 10.1 Å². The summed E-state index contributed by atoms with van der Waals surface area (Å²) in [6.45, 7) is 0. The maximum Gasteiger partial charge on any atom is 0.255 e. The molecule has 27 heavy (non-hydrogen) atoms. The number of ether oxygens (including phenoxy) is 1. The zero-order valence-corrected chi connectivity index (χ0v) is 16.2. The fourth-order valence-electron chi connectivity index (χ4n) is 2.90. The summed E-state index contributed by atoms with van der Waals surface area (Å²) in [5, 5.41) is 1.78. The highest BCUT2D eigenvalue weighted by Crippen LogP contribution is 2.26. The summed E-state index contributed by atoms with van der Waals surface area (Å²) in [6.07, 6.45) is 0.0999. The summed E-state index contributed by atoms with van der Waals surface area (Å²) in [4.78, 5) is 12.4. The molecule has 2 aromatic carbocycles. The highest BCUT2D eigenvalue weighted by molar-refractivity contribution is 7.96. The van der Waals surface area contributed by atoms with Crippen LogP contribution in [0.15, 0.2) is 53.4 Å². The molecular weight excluding hydrogens is 390 g/mol. The van der Waals surface area contributed by atoms with Gasteiger partial charge in [-0.05, 0) is 42.8 Å². The van der Waals surface area contributed by atoms with Crippen LogP contribution in [0.2, 0.25) is 0 Å². The van der Waals surface area contributed by atoms with Crippen molar-refractivity contribution < 1.29 is 26.4 Å². The number of nitrogens with one attached hydrogen (secondary N) is 1. The first kappa shape index (κ1) is 19.4. The summed E-state index contributed by atoms with van der Waals surface area (Å²) in [5.74, 6) is -0.262. The Balaban J connectivity index is 1.75. The molecule has 1 N–H and O–H groups in total. The van der Waals surface area contributed by atoms with Crippen LogP contribution in [0.4, 0.5) is 5.69 Å². The van der Waals surface area contributed by atoms with Crippen molar-refractivity contribution in [3.8, 4) is 5.75 Å². The van der Waals surface area contributed by atoms with Crippen LogP contribution in [0.25, 0.3) is 0 Å². The largest absolute Gasteiger partial charge is 0.497 e. The summed E-state index contributed by atoms with van der Waals surface area (Å²) < 4.78 is 53.4. The predicted molar refractivity (Wildman–Crippen MR) is 102 cm³/mol. The number of methoxy groups -OCH3 is 1. The van der Waals surface area contributed by atoms with Crippen LogP contribution < -0.4 is 10.1 Å². The first-order chi connectivity index (χ1) is 12.7. The molecular formula is C18H19NO6S2. The third-order valence-electron chi connectivity index (χ3n) is 4.40. The van der Waals surface area contributed by atoms with Gasteiger partial charge in [0.05, 0.1) is 28.8 Å². The van der Waals surface area contributed by atoms with Crippen molar-refractivity contribution in [1.82, 2.24) is 0 Å². The number of amides is 1. The molecule has 2 aromatic rings. The minimum atomic E-state index is -3.75. The zero-order chi connectivity index (χ0) is 19.7. The van der Waals surface area contributed by atoms with Gasteiger partial charge in [0.25, 0.3) is 5.91 Å². The molecule has 144 valence electrons. The van der Waals surface area contributed by atoms with Crippen molar-refractivity contribution in [2.24, 2.45) is 0 Å². The van der Waals surface area contributed by atoms with Gasteiger partial charge >= 0.3 is 0 Å². The third-order valence-corrected chi connectivity index (χ3v) is 8.59. The highest BCUT2D eigenvalue weighted by Gasteiger charge is 2.37. The van der Waals surface area contributed by atoms with E-state index in [1.165, 1.54) is 31.4 Å². The Kier molecular flexibility index (Phi) is 5.25. The van der Waals surface area contributed by atoms with E-state index in [9.17, 15) is 21.6 Å². The lowest BCUT2D eigenvalue weighted by atomic mass is 10.2. The fraction of sp³-hybridized carbons (Fsp3) is 0.278. The summed E-state index contributed by atoms with van der Waals surface area (Å²) in [7, 11) is -5.53. The Labute approximate surface area is 158 Å². The molecule has 0 unspecified atom stereocenters. The molecule has 0 aliphatic carbocycles. The molecule has 1 heterocycles. The number of sulfone groups is 2. The van der Waals surface area contributed by atoms with Crippen LogP contribution in [0, 0.1) is 0 Å². The number of benzene rings is 2. The lowest BCUT2D eigenvalue weighted by Gasteiger charge is -2.11. The molecule has 1 fully saturated rings. The molecule has 0 radical (unpaired) electrons. The van der Waals surface area contributed by atoms with Crippen molar-refractivity contribution >= 4 is 31.3 Å². The lowest BCUT2D eigenvalue weighted by molar-refractivity contribution is 0.102. The van der Waals surface area contributed by atoms with Gasteiger partial charge in [-0.1, -0.05) is 6.07 Å². The Morgan fingerprint density at radius 2 is 1.85 bits per heavy atom. The van der Waals surface area contributed by atoms with Crippen molar-refractivity contribution in [1.29, 1.82) is 0 Å². The van der Waals surface area contributed by atoms with Crippen LogP contribution in [-0.4, -0.2) is 46.6 Å². The average Bonchev–Trinajstić information content (AvgIpc) is 3.02. The van der Waals surface area contributed by atoms with Gasteiger partial charge in [0.2, 0.25) is 0 Å². The van der Waals surface area contributed by atoms with Gasteiger partial charge in [-0.3, -0.25) is 4.79 Å². The van der Waals surface area contributed by atoms with Crippen LogP contribution >= 0.6 is 0 Å². The molecule has 1 amide bonds. The second kappa shape index (κ2) is 7.32. The summed E-state index contributed by atoms with van der Waals surface area (Å²) >= 11 is 0. The number of carbonyl (C=O) groups excluding carboxylic acids is 1. The Hall–Kier alpha value is -2.39. The van der Waals surface area contributed by atoms with Crippen LogP contribution in [0.5, 0.6) is 5.75 Å². The van der Waals surface area contributed by atoms with Crippen LogP contribution in [0.1, 0.15) is 16.8 Å². The number of hydrogen-bond acceptors (Lipinski definition) is 6. The Bertz CT molecular complexity index is 1060. The van der Waals surface area contributed by atoms with Gasteiger partial charge in [0, 0.05) is 17.3 Å². The third kappa shape index (κ3) is 4.30. The predicted octanol–water partition coefficient (Wildman–Crippen LogP) is 1.91. The molecule has 7 nitrogen and oxygen atoms in total. The molecule has 0 spiro atoms. The van der Waals surface area contributed by atoms with Crippen molar-refractivity contribution in [3.05, 3.63) is 54.1 Å². The van der Waals surface area contributed by atoms with E-state index in [-0.39, 0.29) is 28.4 Å². The van der Waals surface area contributed by atoms with E-state index in [1.54, 1.807) is 24.3 Å². The van der Waals surface area contributed by atoms with E-state index >= 15 is 0 Å². The zero-order valence-electron chi connectivity index (χ0n) is 14.6. The van der Waals surface area contributed by atoms with Gasteiger partial charge in [-0.25, -0.2) is 16.8 Å². The fourth-order valence-corrected chi connectivity index (χ4v) is 7.26. The van der Waals surface area contributed by atoms with E-state index < -0.39 is 30.8 Å². The number of anilines is 1. The topological polar surface area (TPSA) is 107 Å². The minimum absolute atomic E-state index is 0.0162. The monoisotopic (exact) mass is 409 g/mol. The molecule has 1 aliphatic heterocycles. The first-order valence-corrected chi connectivity index (χ1v) is 11.6. The van der Waals surface area contributed by atoms with Crippen molar-refractivity contribution in [3.63, 3.8) is 0 Å². The minimum Gasteiger partial charge on any atom is -0.497 e. The average molecular weight is 409 g/mol. The maximum absolute atomic E-state index is 12.6. The Morgan fingerprint density at radius 3 is 2.44 bits per heavy atom. The molecule has 1 aliphatic rings. The smallest absolute Gasteiger partial charge is 0.255 e. The molecule has 1 atom stereocenters. The SMILES string of the molecule is COc1cccc(NC(=O)c2ccc(S(=O)(=O)[C@H]3CCS(=O)(=O)C3)cc2)c1. The van der Waals surface area contributed by atoms with Gasteiger partial charge in [-0.2, -0.15) is 0 Å². The van der Waals surface area contributed by atoms with E-state index in [1.807, 2.05) is 0 Å². The van der Waals surface area contributed by atoms with Gasteiger partial charge in [-0.15, -0.1) is 0 Å². The van der Waals surface area contributed by atoms with E-state index in [0.29, 0.717) is 11.4 Å². The quantitative estimate of drug-likeness (QED) is 0.808. The highest BCUT2D eigenvalue weighted by atomic mass is 32.2.